The van der Waals surface area contributed by atoms with Crippen LogP contribution in [0.2, 0.25) is 0 Å². The number of hydrogen-bond acceptors (Lipinski definition) is 6. The van der Waals surface area contributed by atoms with Gasteiger partial charge in [0.25, 0.3) is 0 Å². The summed E-state index contributed by atoms with van der Waals surface area (Å²) >= 11 is 1.09. The third-order valence-corrected chi connectivity index (χ3v) is 7.82. The van der Waals surface area contributed by atoms with Gasteiger partial charge in [-0.3, -0.25) is 13.8 Å². The Kier molecular flexibility index (Phi) is 21.4. The van der Waals surface area contributed by atoms with Crippen LogP contribution < -0.4 is 0 Å². The molecule has 32 heavy (non-hydrogen) atoms. The van der Waals surface area contributed by atoms with Crippen LogP contribution in [-0.2, 0) is 18.4 Å². The predicted octanol–water partition coefficient (Wildman–Crippen LogP) is 6.56. The van der Waals surface area contributed by atoms with Crippen LogP contribution in [0.25, 0.3) is 0 Å². The van der Waals surface area contributed by atoms with Crippen LogP contribution in [0, 0.1) is 0 Å². The summed E-state index contributed by atoms with van der Waals surface area (Å²) in [6.45, 7) is 3.78. The fourth-order valence-corrected chi connectivity index (χ4v) is 5.06. The lowest BCUT2D eigenvalue weighted by molar-refractivity contribution is -0.136. The molecule has 7 nitrogen and oxygen atoms in total. The van der Waals surface area contributed by atoms with Gasteiger partial charge in [-0.2, -0.15) is 0 Å². The molecule has 0 bridgehead atoms. The summed E-state index contributed by atoms with van der Waals surface area (Å²) in [7, 11) is -4.19. The fraction of sp³-hybridized carbons (Fsp3) is 0.957. The van der Waals surface area contributed by atoms with Crippen molar-refractivity contribution < 1.29 is 33.5 Å². The molecule has 0 aromatic heterocycles. The Balaban J connectivity index is 3.54. The van der Waals surface area contributed by atoms with Crippen molar-refractivity contribution in [1.29, 1.82) is 0 Å². The normalized spacial score (nSPS) is 15.4. The largest absolute Gasteiger partial charge is 0.480 e. The first-order valence-electron chi connectivity index (χ1n) is 12.5. The molecule has 0 aromatic carbocycles. The van der Waals surface area contributed by atoms with E-state index < -0.39 is 25.1 Å². The quantitative estimate of drug-likeness (QED) is 0.101. The van der Waals surface area contributed by atoms with Gasteiger partial charge in [-0.1, -0.05) is 97.3 Å². The Morgan fingerprint density at radius 2 is 1.31 bits per heavy atom. The van der Waals surface area contributed by atoms with Gasteiger partial charge >= 0.3 is 13.8 Å². The van der Waals surface area contributed by atoms with Crippen molar-refractivity contribution in [2.24, 2.45) is 0 Å². The third kappa shape index (κ3) is 20.5. The number of carbonyl (C=O) groups is 1. The average Bonchev–Trinajstić information content (AvgIpc) is 2.75. The summed E-state index contributed by atoms with van der Waals surface area (Å²) in [6, 6.07) is 0. The Morgan fingerprint density at radius 1 is 0.844 bits per heavy atom. The van der Waals surface area contributed by atoms with Crippen LogP contribution in [0.5, 0.6) is 0 Å². The first-order valence-corrected chi connectivity index (χ1v) is 15.0. The van der Waals surface area contributed by atoms with E-state index in [9.17, 15) is 19.4 Å². The van der Waals surface area contributed by atoms with Crippen molar-refractivity contribution in [2.75, 3.05) is 19.0 Å². The number of aliphatic hydroxyl groups excluding tert-OH is 1. The first-order chi connectivity index (χ1) is 15.3. The molecule has 0 heterocycles. The first kappa shape index (κ1) is 31.9. The lowest BCUT2D eigenvalue weighted by atomic mass is 10.0. The Bertz CT molecular complexity index is 493. The van der Waals surface area contributed by atoms with E-state index in [1.165, 1.54) is 70.6 Å². The smallest absolute Gasteiger partial charge is 0.472 e. The number of rotatable bonds is 24. The highest BCUT2D eigenvalue weighted by Gasteiger charge is 2.23. The molecule has 0 saturated heterocycles. The number of phosphoric ester groups is 1. The van der Waals surface area contributed by atoms with Gasteiger partial charge in [0.2, 0.25) is 0 Å². The predicted molar refractivity (Wildman–Crippen MR) is 132 cm³/mol. The summed E-state index contributed by atoms with van der Waals surface area (Å²) in [5.74, 6) is -0.820. The average molecular weight is 499 g/mol. The van der Waals surface area contributed by atoms with Crippen molar-refractivity contribution in [3.05, 3.63) is 0 Å². The zero-order valence-corrected chi connectivity index (χ0v) is 21.9. The molecule has 0 aliphatic carbocycles. The summed E-state index contributed by atoms with van der Waals surface area (Å²) in [4.78, 5) is 20.6. The number of aliphatic hydroxyl groups is 1. The van der Waals surface area contributed by atoms with Crippen molar-refractivity contribution in [1.82, 2.24) is 0 Å². The highest BCUT2D eigenvalue weighted by molar-refractivity contribution is 8.00. The Labute approximate surface area is 199 Å². The van der Waals surface area contributed by atoms with Crippen LogP contribution in [0.4, 0.5) is 0 Å². The molecule has 0 radical (unpaired) electrons. The molecule has 0 aliphatic heterocycles. The van der Waals surface area contributed by atoms with E-state index in [4.69, 9.17) is 14.2 Å². The summed E-state index contributed by atoms with van der Waals surface area (Å²) < 4.78 is 21.6. The molecule has 3 atom stereocenters. The second-order valence-corrected chi connectivity index (χ2v) is 11.1. The molecule has 0 saturated carbocycles. The van der Waals surface area contributed by atoms with E-state index in [2.05, 4.69) is 6.92 Å². The van der Waals surface area contributed by atoms with Crippen LogP contribution in [0.3, 0.4) is 0 Å². The Hall–Kier alpha value is -0.110. The van der Waals surface area contributed by atoms with Gasteiger partial charge in [-0.25, -0.2) is 4.57 Å². The zero-order valence-electron chi connectivity index (χ0n) is 20.2. The monoisotopic (exact) mass is 498 g/mol. The maximum atomic E-state index is 11.9. The number of hydrogen-bond donors (Lipinski definition) is 3. The van der Waals surface area contributed by atoms with Crippen molar-refractivity contribution >= 4 is 25.6 Å². The molecule has 0 amide bonds. The van der Waals surface area contributed by atoms with Gasteiger partial charge in [0.1, 0.15) is 5.25 Å². The van der Waals surface area contributed by atoms with Crippen LogP contribution in [-0.4, -0.2) is 51.4 Å². The number of carboxylic acids is 1. The van der Waals surface area contributed by atoms with Gasteiger partial charge in [0, 0.05) is 5.75 Å². The molecule has 3 N–H and O–H groups in total. The minimum absolute atomic E-state index is 0.115. The molecular weight excluding hydrogens is 451 g/mol. The van der Waals surface area contributed by atoms with Gasteiger partial charge in [0.05, 0.1) is 19.3 Å². The molecule has 9 heteroatoms. The highest BCUT2D eigenvalue weighted by atomic mass is 32.2. The van der Waals surface area contributed by atoms with E-state index >= 15 is 0 Å². The third-order valence-electron chi connectivity index (χ3n) is 5.32. The molecule has 0 aliphatic rings. The van der Waals surface area contributed by atoms with E-state index in [1.807, 2.05) is 0 Å². The van der Waals surface area contributed by atoms with Gasteiger partial charge in [-0.05, 0) is 12.8 Å². The molecule has 192 valence electrons. The molecule has 0 fully saturated rings. The number of aliphatic carboxylic acids is 1. The van der Waals surface area contributed by atoms with Crippen LogP contribution in [0.15, 0.2) is 0 Å². The highest BCUT2D eigenvalue weighted by Crippen LogP contribution is 2.43. The molecule has 0 rings (SSSR count). The van der Waals surface area contributed by atoms with E-state index in [0.29, 0.717) is 12.8 Å². The summed E-state index contributed by atoms with van der Waals surface area (Å²) in [6.07, 6.45) is 16.7. The van der Waals surface area contributed by atoms with E-state index in [0.717, 1.165) is 24.6 Å². The summed E-state index contributed by atoms with van der Waals surface area (Å²) in [5.41, 5.74) is 0. The standard InChI is InChI=1S/C23H47O7PS/c1-3-5-6-7-8-9-10-11-12-13-14-15-16-17-18-29-31(27,28)30-19-21(24)20-32-22(4-2)23(25)26/h21-22,24H,3-20H2,1-2H3,(H,25,26)(H,27,28). The number of carboxylic acid groups (broad SMARTS) is 1. The van der Waals surface area contributed by atoms with E-state index in [1.54, 1.807) is 6.92 Å². The topological polar surface area (TPSA) is 113 Å². The maximum absolute atomic E-state index is 11.9. The second-order valence-electron chi connectivity index (χ2n) is 8.42. The summed E-state index contributed by atoms with van der Waals surface area (Å²) in [5, 5.41) is 18.2. The van der Waals surface area contributed by atoms with Crippen molar-refractivity contribution in [2.45, 2.75) is 122 Å². The van der Waals surface area contributed by atoms with Gasteiger partial charge < -0.3 is 15.1 Å². The number of phosphoric acid groups is 1. The van der Waals surface area contributed by atoms with Crippen molar-refractivity contribution in [3.8, 4) is 0 Å². The zero-order chi connectivity index (χ0) is 24.1. The number of unbranched alkanes of at least 4 members (excludes halogenated alkanes) is 13. The Morgan fingerprint density at radius 3 is 1.75 bits per heavy atom. The van der Waals surface area contributed by atoms with E-state index in [-0.39, 0.29) is 19.0 Å². The number of thioether (sulfide) groups is 1. The minimum Gasteiger partial charge on any atom is -0.480 e. The molecule has 0 aromatic rings. The fourth-order valence-electron chi connectivity index (χ4n) is 3.33. The van der Waals surface area contributed by atoms with Crippen LogP contribution >= 0.6 is 19.6 Å². The minimum atomic E-state index is -4.19. The maximum Gasteiger partial charge on any atom is 0.472 e. The molecular formula is C23H47O7PS. The lowest BCUT2D eigenvalue weighted by Crippen LogP contribution is -2.22. The van der Waals surface area contributed by atoms with Gasteiger partial charge in [-0.15, -0.1) is 11.8 Å². The molecule has 0 spiro atoms. The van der Waals surface area contributed by atoms with Crippen molar-refractivity contribution in [3.63, 3.8) is 0 Å². The van der Waals surface area contributed by atoms with Crippen LogP contribution in [0.1, 0.15) is 110 Å². The SMILES string of the molecule is CCCCCCCCCCCCCCCCOP(=O)(O)OCC(O)CSC(CC)C(=O)O. The van der Waals surface area contributed by atoms with Gasteiger partial charge in [0.15, 0.2) is 0 Å². The lowest BCUT2D eigenvalue weighted by Gasteiger charge is -2.16. The second kappa shape index (κ2) is 21.4. The molecule has 3 unspecified atom stereocenters.